The summed E-state index contributed by atoms with van der Waals surface area (Å²) in [5.41, 5.74) is 0.307. The van der Waals surface area contributed by atoms with Crippen molar-refractivity contribution in [2.24, 2.45) is 4.99 Å². The molecule has 0 fully saturated rings. The molecular formula is C12H9N3O3S. The van der Waals surface area contributed by atoms with Crippen molar-refractivity contribution in [2.75, 3.05) is 6.54 Å². The zero-order valence-corrected chi connectivity index (χ0v) is 10.6. The molecule has 0 atom stereocenters. The first-order valence-electron chi connectivity index (χ1n) is 5.66. The van der Waals surface area contributed by atoms with Gasteiger partial charge in [-0.25, -0.2) is 0 Å². The molecule has 0 N–H and O–H groups in total. The minimum Gasteiger partial charge on any atom is -0.282 e. The van der Waals surface area contributed by atoms with E-state index in [1.165, 1.54) is 17.4 Å². The number of para-hydroxylation sites is 1. The summed E-state index contributed by atoms with van der Waals surface area (Å²) >= 11 is 1.27. The number of fused-ring (bicyclic) bond motifs is 1. The molecule has 1 aromatic carbocycles. The molecule has 6 nitrogen and oxygen atoms in total. The van der Waals surface area contributed by atoms with Crippen LogP contribution in [0.15, 0.2) is 34.1 Å². The Morgan fingerprint density at radius 3 is 2.95 bits per heavy atom. The van der Waals surface area contributed by atoms with Crippen LogP contribution in [0.5, 0.6) is 0 Å². The topological polar surface area (TPSA) is 77.5 Å². The molecule has 1 aliphatic heterocycles. The molecule has 2 heterocycles. The van der Waals surface area contributed by atoms with Crippen LogP contribution >= 0.6 is 11.3 Å². The number of rotatable bonds is 2. The van der Waals surface area contributed by atoms with Gasteiger partial charge in [-0.2, -0.15) is 0 Å². The van der Waals surface area contributed by atoms with Crippen molar-refractivity contribution in [3.63, 3.8) is 0 Å². The Hall–Kier alpha value is -2.28. The second-order valence-corrected chi connectivity index (χ2v) is 5.06. The van der Waals surface area contributed by atoms with Crippen molar-refractivity contribution in [3.05, 3.63) is 59.6 Å². The summed E-state index contributed by atoms with van der Waals surface area (Å²) in [4.78, 5) is 27.4. The predicted octanol–water partition coefficient (Wildman–Crippen LogP) is 0.280. The van der Waals surface area contributed by atoms with Crippen LogP contribution in [0, 0.1) is 10.1 Å². The highest BCUT2D eigenvalue weighted by Crippen LogP contribution is 2.17. The molecular weight excluding hydrogens is 266 g/mol. The van der Waals surface area contributed by atoms with Gasteiger partial charge < -0.3 is 0 Å². The first-order valence-corrected chi connectivity index (χ1v) is 6.48. The van der Waals surface area contributed by atoms with E-state index >= 15 is 0 Å². The van der Waals surface area contributed by atoms with Gasteiger partial charge in [-0.1, -0.05) is 23.5 Å². The summed E-state index contributed by atoms with van der Waals surface area (Å²) in [6.45, 7) is 1.22. The lowest BCUT2D eigenvalue weighted by molar-refractivity contribution is -0.385. The Labute approximate surface area is 111 Å². The molecule has 0 saturated heterocycles. The molecule has 7 heteroatoms. The zero-order valence-electron chi connectivity index (χ0n) is 9.78. The van der Waals surface area contributed by atoms with E-state index in [1.807, 2.05) is 0 Å². The summed E-state index contributed by atoms with van der Waals surface area (Å²) in [5.74, 6) is 0. The third-order valence-electron chi connectivity index (χ3n) is 2.88. The van der Waals surface area contributed by atoms with E-state index in [2.05, 4.69) is 4.99 Å². The van der Waals surface area contributed by atoms with E-state index in [1.54, 1.807) is 28.8 Å². The van der Waals surface area contributed by atoms with Crippen LogP contribution in [-0.2, 0) is 6.54 Å². The van der Waals surface area contributed by atoms with E-state index < -0.39 is 4.92 Å². The average molecular weight is 275 g/mol. The molecule has 0 amide bonds. The van der Waals surface area contributed by atoms with Crippen molar-refractivity contribution in [1.82, 2.24) is 4.57 Å². The van der Waals surface area contributed by atoms with Gasteiger partial charge >= 0.3 is 0 Å². The maximum atomic E-state index is 12.1. The largest absolute Gasteiger partial charge is 0.282 e. The summed E-state index contributed by atoms with van der Waals surface area (Å²) < 4.78 is 2.08. The quantitative estimate of drug-likeness (QED) is 0.583. The van der Waals surface area contributed by atoms with Gasteiger partial charge in [0.2, 0.25) is 0 Å². The first kappa shape index (κ1) is 11.8. The van der Waals surface area contributed by atoms with E-state index in [4.69, 9.17) is 0 Å². The number of thiazole rings is 1. The minimum atomic E-state index is -0.449. The molecule has 96 valence electrons. The van der Waals surface area contributed by atoms with Crippen molar-refractivity contribution >= 4 is 23.1 Å². The number of hydrogen-bond acceptors (Lipinski definition) is 5. The van der Waals surface area contributed by atoms with Gasteiger partial charge in [0.05, 0.1) is 21.6 Å². The monoisotopic (exact) mass is 275 g/mol. The molecule has 0 spiro atoms. The Morgan fingerprint density at radius 1 is 1.42 bits per heavy atom. The van der Waals surface area contributed by atoms with Gasteiger partial charge in [-0.05, 0) is 12.1 Å². The molecule has 2 aromatic rings. The van der Waals surface area contributed by atoms with Gasteiger partial charge in [0.25, 0.3) is 11.2 Å². The predicted molar refractivity (Wildman–Crippen MR) is 70.9 cm³/mol. The highest BCUT2D eigenvalue weighted by molar-refractivity contribution is 7.07. The molecule has 0 radical (unpaired) electrons. The number of hydrogen-bond donors (Lipinski definition) is 0. The molecule has 1 aliphatic rings. The SMILES string of the molecule is O=c1/c(=C/c2ccccc2[N+](=O)[O-])sc2n1CCN=2. The third kappa shape index (κ3) is 1.97. The third-order valence-corrected chi connectivity index (χ3v) is 3.92. The molecule has 0 bridgehead atoms. The van der Waals surface area contributed by atoms with Crippen molar-refractivity contribution in [3.8, 4) is 0 Å². The standard InChI is InChI=1S/C12H9N3O3S/c16-11-10(19-12-13-5-6-14(11)12)7-8-3-1-2-4-9(8)15(17)18/h1-4,7H,5-6H2/b10-7-. The summed E-state index contributed by atoms with van der Waals surface area (Å²) in [5, 5.41) is 10.9. The highest BCUT2D eigenvalue weighted by Gasteiger charge is 2.13. The molecule has 1 aromatic heterocycles. The lowest BCUT2D eigenvalue weighted by Gasteiger charge is -1.95. The van der Waals surface area contributed by atoms with E-state index in [9.17, 15) is 14.9 Å². The van der Waals surface area contributed by atoms with Crippen LogP contribution in [0.3, 0.4) is 0 Å². The summed E-state index contributed by atoms with van der Waals surface area (Å²) in [7, 11) is 0. The Kier molecular flexibility index (Phi) is 2.75. The van der Waals surface area contributed by atoms with Crippen molar-refractivity contribution < 1.29 is 4.92 Å². The smallest absolute Gasteiger partial charge is 0.276 e. The van der Waals surface area contributed by atoms with Gasteiger partial charge in [-0.15, -0.1) is 0 Å². The number of benzene rings is 1. The van der Waals surface area contributed by atoms with Crippen molar-refractivity contribution in [1.29, 1.82) is 0 Å². The van der Waals surface area contributed by atoms with Crippen LogP contribution in [-0.4, -0.2) is 16.0 Å². The minimum absolute atomic E-state index is 0.00241. The average Bonchev–Trinajstić information content (AvgIpc) is 2.95. The summed E-state index contributed by atoms with van der Waals surface area (Å²) in [6, 6.07) is 6.37. The van der Waals surface area contributed by atoms with Gasteiger partial charge in [0, 0.05) is 12.6 Å². The van der Waals surface area contributed by atoms with Crippen LogP contribution in [0.2, 0.25) is 0 Å². The van der Waals surface area contributed by atoms with Gasteiger partial charge in [0.15, 0.2) is 4.80 Å². The zero-order chi connectivity index (χ0) is 13.4. The van der Waals surface area contributed by atoms with Crippen LogP contribution in [0.25, 0.3) is 6.08 Å². The second kappa shape index (κ2) is 4.43. The maximum absolute atomic E-state index is 12.1. The molecule has 0 unspecified atom stereocenters. The highest BCUT2D eigenvalue weighted by atomic mass is 32.1. The summed E-state index contributed by atoms with van der Waals surface area (Å²) in [6.07, 6.45) is 1.56. The first-order chi connectivity index (χ1) is 9.16. The van der Waals surface area contributed by atoms with E-state index in [0.29, 0.717) is 28.0 Å². The number of nitro benzene ring substituents is 1. The lowest BCUT2D eigenvalue weighted by atomic mass is 10.2. The maximum Gasteiger partial charge on any atom is 0.276 e. The number of aromatic nitrogens is 1. The normalized spacial score (nSPS) is 14.2. The Balaban J connectivity index is 2.23. The van der Waals surface area contributed by atoms with Crippen LogP contribution in [0.4, 0.5) is 5.69 Å². The molecule has 3 rings (SSSR count). The lowest BCUT2D eigenvalue weighted by Crippen LogP contribution is -2.29. The van der Waals surface area contributed by atoms with Crippen molar-refractivity contribution in [2.45, 2.75) is 6.54 Å². The number of nitro groups is 1. The van der Waals surface area contributed by atoms with E-state index in [0.717, 1.165) is 0 Å². The molecule has 19 heavy (non-hydrogen) atoms. The second-order valence-electron chi connectivity index (χ2n) is 4.05. The molecule has 0 saturated carbocycles. The molecule has 0 aliphatic carbocycles. The van der Waals surface area contributed by atoms with Crippen LogP contribution < -0.4 is 14.9 Å². The van der Waals surface area contributed by atoms with Gasteiger partial charge in [-0.3, -0.25) is 24.5 Å². The van der Waals surface area contributed by atoms with Gasteiger partial charge in [0.1, 0.15) is 0 Å². The fraction of sp³-hybridized carbons (Fsp3) is 0.167. The van der Waals surface area contributed by atoms with E-state index in [-0.39, 0.29) is 11.2 Å². The van der Waals surface area contributed by atoms with Crippen LogP contribution in [0.1, 0.15) is 5.56 Å². The fourth-order valence-electron chi connectivity index (χ4n) is 1.99. The fourth-order valence-corrected chi connectivity index (χ4v) is 3.01. The Morgan fingerprint density at radius 2 is 2.21 bits per heavy atom. The Bertz CT molecular complexity index is 835. The number of nitrogens with zero attached hydrogens (tertiary/aromatic N) is 3.